The van der Waals surface area contributed by atoms with Crippen LogP contribution in [0.3, 0.4) is 0 Å². The molecule has 1 aromatic carbocycles. The topological polar surface area (TPSA) is 77.8 Å². The van der Waals surface area contributed by atoms with Gasteiger partial charge in [-0.2, -0.15) is 9.97 Å². The second kappa shape index (κ2) is 6.00. The molecule has 0 aliphatic heterocycles. The zero-order valence-corrected chi connectivity index (χ0v) is 11.5. The zero-order valence-electron chi connectivity index (χ0n) is 11.5. The number of anilines is 1. The minimum absolute atomic E-state index is 0.224. The fraction of sp³-hybridized carbons (Fsp3) is 0.143. The predicted octanol–water partition coefficient (Wildman–Crippen LogP) is 2.28. The quantitative estimate of drug-likeness (QED) is 0.773. The summed E-state index contributed by atoms with van der Waals surface area (Å²) in [7, 11) is 0. The average Bonchev–Trinajstić information content (AvgIpc) is 2.97. The molecule has 1 N–H and O–H groups in total. The first-order valence-electron chi connectivity index (χ1n) is 6.56. The van der Waals surface area contributed by atoms with Gasteiger partial charge in [-0.1, -0.05) is 18.2 Å². The highest BCUT2D eigenvalue weighted by Gasteiger charge is 2.07. The lowest BCUT2D eigenvalue weighted by Gasteiger charge is -2.03. The van der Waals surface area contributed by atoms with Crippen molar-refractivity contribution in [2.75, 3.05) is 11.9 Å². The van der Waals surface area contributed by atoms with Gasteiger partial charge in [0.1, 0.15) is 12.1 Å². The maximum Gasteiger partial charge on any atom is 0.342 e. The van der Waals surface area contributed by atoms with Crippen molar-refractivity contribution in [3.8, 4) is 17.6 Å². The third kappa shape index (κ3) is 3.14. The second-order valence-corrected chi connectivity index (χ2v) is 4.18. The van der Waals surface area contributed by atoms with Crippen molar-refractivity contribution in [2.24, 2.45) is 0 Å². The van der Waals surface area contributed by atoms with Gasteiger partial charge in [0.2, 0.25) is 5.88 Å². The van der Waals surface area contributed by atoms with Crippen molar-refractivity contribution in [1.82, 2.24) is 24.7 Å². The molecular formula is C14H14N6O. The Morgan fingerprint density at radius 2 is 2.05 bits per heavy atom. The van der Waals surface area contributed by atoms with Gasteiger partial charge in [-0.15, -0.1) is 5.10 Å². The summed E-state index contributed by atoms with van der Waals surface area (Å²) in [6, 6.07) is 9.90. The predicted molar refractivity (Wildman–Crippen MR) is 77.6 cm³/mol. The van der Waals surface area contributed by atoms with Crippen molar-refractivity contribution in [1.29, 1.82) is 0 Å². The summed E-state index contributed by atoms with van der Waals surface area (Å²) >= 11 is 0. The Kier molecular flexibility index (Phi) is 3.72. The Labute approximate surface area is 121 Å². The fourth-order valence-corrected chi connectivity index (χ4v) is 1.76. The van der Waals surface area contributed by atoms with Crippen LogP contribution >= 0.6 is 0 Å². The SMILES string of the molecule is CCNc1cncc(Oc2ncn(-c3ccccc3)n2)n1. The lowest BCUT2D eigenvalue weighted by molar-refractivity contribution is 0.423. The highest BCUT2D eigenvalue weighted by atomic mass is 16.5. The highest BCUT2D eigenvalue weighted by molar-refractivity contribution is 5.33. The molecule has 0 radical (unpaired) electrons. The van der Waals surface area contributed by atoms with E-state index in [-0.39, 0.29) is 6.01 Å². The lowest BCUT2D eigenvalue weighted by atomic mass is 10.3. The van der Waals surface area contributed by atoms with Gasteiger partial charge in [-0.3, -0.25) is 4.98 Å². The van der Waals surface area contributed by atoms with Crippen LogP contribution in [-0.2, 0) is 0 Å². The number of nitrogens with one attached hydrogen (secondary N) is 1. The third-order valence-corrected chi connectivity index (χ3v) is 2.66. The summed E-state index contributed by atoms with van der Waals surface area (Å²) in [5.41, 5.74) is 0.910. The van der Waals surface area contributed by atoms with Crippen molar-refractivity contribution in [3.05, 3.63) is 49.1 Å². The number of aromatic nitrogens is 5. The van der Waals surface area contributed by atoms with E-state index in [1.165, 1.54) is 6.20 Å². The molecule has 2 heterocycles. The molecule has 7 heteroatoms. The van der Waals surface area contributed by atoms with E-state index in [4.69, 9.17) is 4.74 Å². The summed E-state index contributed by atoms with van der Waals surface area (Å²) in [4.78, 5) is 12.4. The Balaban J connectivity index is 1.77. The van der Waals surface area contributed by atoms with Crippen LogP contribution in [0.4, 0.5) is 5.82 Å². The molecule has 3 aromatic rings. The number of rotatable bonds is 5. The first kappa shape index (κ1) is 13.0. The van der Waals surface area contributed by atoms with Crippen LogP contribution in [0.25, 0.3) is 5.69 Å². The maximum atomic E-state index is 5.51. The molecule has 0 aliphatic carbocycles. The maximum absolute atomic E-state index is 5.51. The standard InChI is InChI=1S/C14H14N6O/c1-2-16-12-8-15-9-13(18-12)21-14-17-10-20(19-14)11-6-4-3-5-7-11/h3-10H,2H2,1H3,(H,16,18). The molecule has 106 valence electrons. The van der Waals surface area contributed by atoms with Crippen LogP contribution in [0.2, 0.25) is 0 Å². The van der Waals surface area contributed by atoms with Gasteiger partial charge in [-0.05, 0) is 19.1 Å². The van der Waals surface area contributed by atoms with Gasteiger partial charge in [0.15, 0.2) is 0 Å². The Hall–Kier alpha value is -2.96. The zero-order chi connectivity index (χ0) is 14.5. The van der Waals surface area contributed by atoms with Gasteiger partial charge >= 0.3 is 6.01 Å². The first-order chi connectivity index (χ1) is 10.3. The molecular weight excluding hydrogens is 268 g/mol. The monoisotopic (exact) mass is 282 g/mol. The van der Waals surface area contributed by atoms with E-state index in [9.17, 15) is 0 Å². The van der Waals surface area contributed by atoms with E-state index in [0.717, 1.165) is 12.2 Å². The van der Waals surface area contributed by atoms with Crippen LogP contribution in [0.5, 0.6) is 11.9 Å². The van der Waals surface area contributed by atoms with Crippen LogP contribution in [0, 0.1) is 0 Å². The molecule has 3 rings (SSSR count). The molecule has 0 spiro atoms. The van der Waals surface area contributed by atoms with Crippen LogP contribution in [0.1, 0.15) is 6.92 Å². The summed E-state index contributed by atoms with van der Waals surface area (Å²) in [6.45, 7) is 2.75. The smallest absolute Gasteiger partial charge is 0.342 e. The Morgan fingerprint density at radius 1 is 1.19 bits per heavy atom. The van der Waals surface area contributed by atoms with Gasteiger partial charge in [0.25, 0.3) is 0 Å². The number of hydrogen-bond donors (Lipinski definition) is 1. The molecule has 0 bridgehead atoms. The number of benzene rings is 1. The van der Waals surface area contributed by atoms with Gasteiger partial charge in [0, 0.05) is 6.54 Å². The van der Waals surface area contributed by atoms with E-state index in [1.807, 2.05) is 37.3 Å². The number of para-hydroxylation sites is 1. The Morgan fingerprint density at radius 3 is 2.86 bits per heavy atom. The van der Waals surface area contributed by atoms with Crippen molar-refractivity contribution in [3.63, 3.8) is 0 Å². The first-order valence-corrected chi connectivity index (χ1v) is 6.56. The summed E-state index contributed by atoms with van der Waals surface area (Å²) in [6.07, 6.45) is 4.74. The number of hydrogen-bond acceptors (Lipinski definition) is 6. The average molecular weight is 282 g/mol. The number of nitrogens with zero attached hydrogens (tertiary/aromatic N) is 5. The van der Waals surface area contributed by atoms with Crippen molar-refractivity contribution in [2.45, 2.75) is 6.92 Å². The molecule has 21 heavy (non-hydrogen) atoms. The Bertz CT molecular complexity index is 712. The molecule has 7 nitrogen and oxygen atoms in total. The normalized spacial score (nSPS) is 10.3. The largest absolute Gasteiger partial charge is 0.402 e. The third-order valence-electron chi connectivity index (χ3n) is 2.66. The van der Waals surface area contributed by atoms with E-state index in [1.54, 1.807) is 17.2 Å². The van der Waals surface area contributed by atoms with Gasteiger partial charge in [-0.25, -0.2) is 4.68 Å². The molecule has 0 atom stereocenters. The van der Waals surface area contributed by atoms with Crippen molar-refractivity contribution < 1.29 is 4.74 Å². The molecule has 0 unspecified atom stereocenters. The van der Waals surface area contributed by atoms with E-state index in [0.29, 0.717) is 11.7 Å². The highest BCUT2D eigenvalue weighted by Crippen LogP contribution is 2.16. The number of ether oxygens (including phenoxy) is 1. The molecule has 0 fully saturated rings. The lowest BCUT2D eigenvalue weighted by Crippen LogP contribution is -2.01. The second-order valence-electron chi connectivity index (χ2n) is 4.18. The summed E-state index contributed by atoms with van der Waals surface area (Å²) in [5, 5.41) is 7.31. The molecule has 0 saturated heterocycles. The molecule has 2 aromatic heterocycles. The van der Waals surface area contributed by atoms with E-state index < -0.39 is 0 Å². The minimum Gasteiger partial charge on any atom is -0.402 e. The van der Waals surface area contributed by atoms with Gasteiger partial charge < -0.3 is 10.1 Å². The molecule has 0 amide bonds. The summed E-state index contributed by atoms with van der Waals surface area (Å²) < 4.78 is 7.15. The molecule has 0 aliphatic rings. The van der Waals surface area contributed by atoms with E-state index >= 15 is 0 Å². The van der Waals surface area contributed by atoms with Crippen molar-refractivity contribution >= 4 is 5.82 Å². The van der Waals surface area contributed by atoms with Gasteiger partial charge in [0.05, 0.1) is 18.1 Å². The minimum atomic E-state index is 0.224. The molecule has 0 saturated carbocycles. The van der Waals surface area contributed by atoms with Crippen LogP contribution in [-0.4, -0.2) is 31.3 Å². The van der Waals surface area contributed by atoms with Crippen LogP contribution in [0.15, 0.2) is 49.1 Å². The van der Waals surface area contributed by atoms with E-state index in [2.05, 4.69) is 25.4 Å². The fourth-order valence-electron chi connectivity index (χ4n) is 1.76. The summed E-state index contributed by atoms with van der Waals surface area (Å²) in [5.74, 6) is 0.997. The van der Waals surface area contributed by atoms with Crippen LogP contribution < -0.4 is 10.1 Å².